The van der Waals surface area contributed by atoms with Crippen molar-refractivity contribution in [3.8, 4) is 11.5 Å². The fourth-order valence-corrected chi connectivity index (χ4v) is 1.49. The highest BCUT2D eigenvalue weighted by molar-refractivity contribution is 6.30. The SMILES string of the molecule is COc1cc(Cl)cc(CO)c1OC(C)C. The van der Waals surface area contributed by atoms with E-state index < -0.39 is 0 Å². The molecule has 4 heteroatoms. The monoisotopic (exact) mass is 230 g/mol. The first-order valence-electron chi connectivity index (χ1n) is 4.72. The van der Waals surface area contributed by atoms with Gasteiger partial charge in [-0.3, -0.25) is 0 Å². The minimum atomic E-state index is -0.126. The lowest BCUT2D eigenvalue weighted by molar-refractivity contribution is 0.215. The topological polar surface area (TPSA) is 38.7 Å². The Bertz CT molecular complexity index is 312. The van der Waals surface area contributed by atoms with Crippen molar-refractivity contribution in [2.75, 3.05) is 7.11 Å². The highest BCUT2D eigenvalue weighted by Crippen LogP contribution is 2.35. The summed E-state index contributed by atoms with van der Waals surface area (Å²) in [4.78, 5) is 0. The van der Waals surface area contributed by atoms with E-state index in [1.54, 1.807) is 19.2 Å². The van der Waals surface area contributed by atoms with Gasteiger partial charge in [-0.15, -0.1) is 0 Å². The van der Waals surface area contributed by atoms with E-state index >= 15 is 0 Å². The molecule has 0 fully saturated rings. The molecule has 0 spiro atoms. The maximum atomic E-state index is 9.18. The first kappa shape index (κ1) is 12.1. The summed E-state index contributed by atoms with van der Waals surface area (Å²) in [5, 5.41) is 9.70. The van der Waals surface area contributed by atoms with Gasteiger partial charge in [-0.05, 0) is 19.9 Å². The predicted octanol–water partition coefficient (Wildman–Crippen LogP) is 2.63. The van der Waals surface area contributed by atoms with Crippen LogP contribution < -0.4 is 9.47 Å². The van der Waals surface area contributed by atoms with Gasteiger partial charge >= 0.3 is 0 Å². The normalized spacial score (nSPS) is 10.5. The number of halogens is 1. The Morgan fingerprint density at radius 3 is 2.53 bits per heavy atom. The largest absolute Gasteiger partial charge is 0.493 e. The number of hydrogen-bond acceptors (Lipinski definition) is 3. The zero-order valence-corrected chi connectivity index (χ0v) is 9.84. The molecule has 1 N–H and O–H groups in total. The van der Waals surface area contributed by atoms with Crippen molar-refractivity contribution >= 4 is 11.6 Å². The van der Waals surface area contributed by atoms with E-state index in [0.29, 0.717) is 22.1 Å². The first-order valence-corrected chi connectivity index (χ1v) is 5.10. The molecule has 0 heterocycles. The zero-order chi connectivity index (χ0) is 11.4. The Morgan fingerprint density at radius 2 is 2.07 bits per heavy atom. The van der Waals surface area contributed by atoms with Crippen LogP contribution in [-0.4, -0.2) is 18.3 Å². The number of benzene rings is 1. The molecule has 0 unspecified atom stereocenters. The third kappa shape index (κ3) is 3.01. The van der Waals surface area contributed by atoms with E-state index in [9.17, 15) is 5.11 Å². The van der Waals surface area contributed by atoms with Crippen molar-refractivity contribution < 1.29 is 14.6 Å². The second-order valence-corrected chi connectivity index (χ2v) is 3.86. The van der Waals surface area contributed by atoms with Crippen molar-refractivity contribution in [3.63, 3.8) is 0 Å². The first-order chi connectivity index (χ1) is 7.08. The molecule has 0 saturated heterocycles. The smallest absolute Gasteiger partial charge is 0.167 e. The summed E-state index contributed by atoms with van der Waals surface area (Å²) in [5.41, 5.74) is 0.632. The number of aliphatic hydroxyl groups is 1. The molecule has 1 aromatic rings. The van der Waals surface area contributed by atoms with Crippen LogP contribution in [0, 0.1) is 0 Å². The molecular formula is C11H15ClO3. The van der Waals surface area contributed by atoms with Gasteiger partial charge in [0.05, 0.1) is 19.8 Å². The van der Waals surface area contributed by atoms with Crippen molar-refractivity contribution in [2.45, 2.75) is 26.6 Å². The van der Waals surface area contributed by atoms with E-state index in [4.69, 9.17) is 21.1 Å². The van der Waals surface area contributed by atoms with Gasteiger partial charge < -0.3 is 14.6 Å². The minimum Gasteiger partial charge on any atom is -0.493 e. The van der Waals surface area contributed by atoms with Gasteiger partial charge in [-0.25, -0.2) is 0 Å². The summed E-state index contributed by atoms with van der Waals surface area (Å²) < 4.78 is 10.7. The average molecular weight is 231 g/mol. The number of hydrogen-bond donors (Lipinski definition) is 1. The fraction of sp³-hybridized carbons (Fsp3) is 0.455. The van der Waals surface area contributed by atoms with E-state index in [2.05, 4.69) is 0 Å². The zero-order valence-electron chi connectivity index (χ0n) is 9.08. The van der Waals surface area contributed by atoms with Crippen LogP contribution in [0.2, 0.25) is 5.02 Å². The summed E-state index contributed by atoms with van der Waals surface area (Å²) in [7, 11) is 1.54. The van der Waals surface area contributed by atoms with Crippen LogP contribution in [-0.2, 0) is 6.61 Å². The Labute approximate surface area is 94.6 Å². The second-order valence-electron chi connectivity index (χ2n) is 3.42. The minimum absolute atomic E-state index is 0.0189. The van der Waals surface area contributed by atoms with Crippen LogP contribution >= 0.6 is 11.6 Å². The maximum Gasteiger partial charge on any atom is 0.167 e. The Morgan fingerprint density at radius 1 is 1.40 bits per heavy atom. The molecule has 0 aliphatic heterocycles. The van der Waals surface area contributed by atoms with E-state index in [0.717, 1.165) is 0 Å². The van der Waals surface area contributed by atoms with Gasteiger partial charge in [0.2, 0.25) is 0 Å². The predicted molar refractivity (Wildman–Crippen MR) is 59.7 cm³/mol. The molecule has 0 aromatic heterocycles. The molecule has 0 bridgehead atoms. The summed E-state index contributed by atoms with van der Waals surface area (Å²) in [5.74, 6) is 1.10. The molecule has 84 valence electrons. The number of rotatable bonds is 4. The van der Waals surface area contributed by atoms with E-state index in [1.165, 1.54) is 0 Å². The third-order valence-corrected chi connectivity index (χ3v) is 2.06. The van der Waals surface area contributed by atoms with Crippen LogP contribution in [0.3, 0.4) is 0 Å². The van der Waals surface area contributed by atoms with E-state index in [-0.39, 0.29) is 12.7 Å². The van der Waals surface area contributed by atoms with Crippen molar-refractivity contribution in [3.05, 3.63) is 22.7 Å². The van der Waals surface area contributed by atoms with Crippen LogP contribution in [0.4, 0.5) is 0 Å². The van der Waals surface area contributed by atoms with Gasteiger partial charge in [-0.2, -0.15) is 0 Å². The number of ether oxygens (including phenoxy) is 2. The Balaban J connectivity index is 3.18. The number of aliphatic hydroxyl groups excluding tert-OH is 1. The highest BCUT2D eigenvalue weighted by Gasteiger charge is 2.13. The Hall–Kier alpha value is -0.930. The van der Waals surface area contributed by atoms with Crippen LogP contribution in [0.15, 0.2) is 12.1 Å². The molecule has 0 aliphatic rings. The molecule has 3 nitrogen and oxygen atoms in total. The average Bonchev–Trinajstić information content (AvgIpc) is 2.19. The quantitative estimate of drug-likeness (QED) is 0.864. The van der Waals surface area contributed by atoms with Crippen molar-refractivity contribution in [2.24, 2.45) is 0 Å². The fourth-order valence-electron chi connectivity index (χ4n) is 1.26. The van der Waals surface area contributed by atoms with Crippen LogP contribution in [0.1, 0.15) is 19.4 Å². The lowest BCUT2D eigenvalue weighted by atomic mass is 10.2. The van der Waals surface area contributed by atoms with Gasteiger partial charge in [-0.1, -0.05) is 11.6 Å². The summed E-state index contributed by atoms with van der Waals surface area (Å²) >= 11 is 5.87. The van der Waals surface area contributed by atoms with Gasteiger partial charge in [0.1, 0.15) is 0 Å². The Kier molecular flexibility index (Phi) is 4.24. The van der Waals surface area contributed by atoms with Crippen LogP contribution in [0.5, 0.6) is 11.5 Å². The molecule has 0 saturated carbocycles. The molecule has 1 rings (SSSR count). The third-order valence-electron chi connectivity index (χ3n) is 1.84. The molecule has 0 radical (unpaired) electrons. The molecular weight excluding hydrogens is 216 g/mol. The maximum absolute atomic E-state index is 9.18. The summed E-state index contributed by atoms with van der Waals surface area (Å²) in [6, 6.07) is 3.33. The molecule has 0 aliphatic carbocycles. The summed E-state index contributed by atoms with van der Waals surface area (Å²) in [6.45, 7) is 3.70. The van der Waals surface area contributed by atoms with Crippen molar-refractivity contribution in [1.29, 1.82) is 0 Å². The lowest BCUT2D eigenvalue weighted by Crippen LogP contribution is -2.09. The van der Waals surface area contributed by atoms with Gasteiger partial charge in [0, 0.05) is 16.7 Å². The highest BCUT2D eigenvalue weighted by atomic mass is 35.5. The van der Waals surface area contributed by atoms with Gasteiger partial charge in [0.25, 0.3) is 0 Å². The standard InChI is InChI=1S/C11H15ClO3/c1-7(2)15-11-8(6-13)4-9(12)5-10(11)14-3/h4-5,7,13H,6H2,1-3H3. The molecule has 0 amide bonds. The second kappa shape index (κ2) is 5.24. The lowest BCUT2D eigenvalue weighted by Gasteiger charge is -2.16. The van der Waals surface area contributed by atoms with Crippen LogP contribution in [0.25, 0.3) is 0 Å². The molecule has 15 heavy (non-hydrogen) atoms. The summed E-state index contributed by atoms with van der Waals surface area (Å²) in [6.07, 6.45) is 0.0189. The van der Waals surface area contributed by atoms with E-state index in [1.807, 2.05) is 13.8 Å². The molecule has 0 atom stereocenters. The number of methoxy groups -OCH3 is 1. The van der Waals surface area contributed by atoms with Gasteiger partial charge in [0.15, 0.2) is 11.5 Å². The van der Waals surface area contributed by atoms with Crippen molar-refractivity contribution in [1.82, 2.24) is 0 Å². The molecule has 1 aromatic carbocycles.